The Morgan fingerprint density at radius 2 is 1.95 bits per heavy atom. The molecule has 0 aliphatic carbocycles. The lowest BCUT2D eigenvalue weighted by atomic mass is 9.96. The van der Waals surface area contributed by atoms with Gasteiger partial charge in [-0.2, -0.15) is 0 Å². The van der Waals surface area contributed by atoms with Crippen molar-refractivity contribution in [2.45, 2.75) is 32.7 Å². The molecule has 2 aromatic heterocycles. The molecule has 1 fully saturated rings. The number of hydrogen-bond donors (Lipinski definition) is 1. The summed E-state index contributed by atoms with van der Waals surface area (Å²) in [6.45, 7) is 5.27. The minimum atomic E-state index is -0.799. The van der Waals surface area contributed by atoms with Crippen LogP contribution in [0.1, 0.15) is 42.8 Å². The Hall–Kier alpha value is -3.85. The summed E-state index contributed by atoms with van der Waals surface area (Å²) in [7, 11) is 5.36. The van der Waals surface area contributed by atoms with Crippen LogP contribution in [0.5, 0.6) is 11.5 Å². The molecule has 0 saturated carbocycles. The molecule has 1 saturated heterocycles. The Labute approximate surface area is 216 Å². The average Bonchev–Trinajstić information content (AvgIpc) is 3.35. The van der Waals surface area contributed by atoms with Crippen LogP contribution in [0.3, 0.4) is 0 Å². The summed E-state index contributed by atoms with van der Waals surface area (Å²) in [6, 6.07) is 10.1. The second-order valence-electron chi connectivity index (χ2n) is 9.38. The van der Waals surface area contributed by atoms with Gasteiger partial charge in [-0.3, -0.25) is 14.0 Å². The van der Waals surface area contributed by atoms with E-state index in [1.807, 2.05) is 43.3 Å². The van der Waals surface area contributed by atoms with Crippen molar-refractivity contribution >= 4 is 23.1 Å². The van der Waals surface area contributed by atoms with Crippen molar-refractivity contribution in [3.05, 3.63) is 65.1 Å². The van der Waals surface area contributed by atoms with Crippen molar-refractivity contribution in [2.24, 2.45) is 0 Å². The number of Topliss-reactive ketones (excluding diaryl/α,β-unsaturated/α-hetero) is 1. The molecule has 0 radical (unpaired) electrons. The smallest absolute Gasteiger partial charge is 0.295 e. The van der Waals surface area contributed by atoms with Gasteiger partial charge in [-0.15, -0.1) is 0 Å². The molecule has 4 rings (SSSR count). The van der Waals surface area contributed by atoms with Gasteiger partial charge in [0.05, 0.1) is 31.0 Å². The minimum Gasteiger partial charge on any atom is -0.505 e. The number of hydrogen-bond acceptors (Lipinski definition) is 7. The van der Waals surface area contributed by atoms with Gasteiger partial charge < -0.3 is 24.4 Å². The van der Waals surface area contributed by atoms with Crippen molar-refractivity contribution in [2.75, 3.05) is 40.9 Å². The molecule has 196 valence electrons. The normalized spacial score (nSPS) is 17.2. The molecule has 1 N–H and O–H groups in total. The number of likely N-dealkylation sites (N-methyl/N-ethyl adjacent to an activating group) is 1. The average molecular weight is 507 g/mol. The van der Waals surface area contributed by atoms with E-state index in [-0.39, 0.29) is 11.3 Å². The highest BCUT2D eigenvalue weighted by Crippen LogP contribution is 2.42. The van der Waals surface area contributed by atoms with Gasteiger partial charge in [0.1, 0.15) is 11.3 Å². The molecule has 1 atom stereocenters. The van der Waals surface area contributed by atoms with Crippen molar-refractivity contribution in [1.29, 1.82) is 0 Å². The Morgan fingerprint density at radius 3 is 2.65 bits per heavy atom. The molecule has 9 heteroatoms. The fourth-order valence-electron chi connectivity index (χ4n) is 4.59. The first-order valence-electron chi connectivity index (χ1n) is 12.5. The quantitative estimate of drug-likeness (QED) is 0.193. The lowest BCUT2D eigenvalue weighted by molar-refractivity contribution is -0.140. The van der Waals surface area contributed by atoms with Crippen LogP contribution in [0.4, 0.5) is 0 Å². The van der Waals surface area contributed by atoms with Crippen molar-refractivity contribution in [1.82, 2.24) is 19.2 Å². The summed E-state index contributed by atoms with van der Waals surface area (Å²) in [4.78, 5) is 34.6. The number of aryl methyl sites for hydroxylation is 1. The highest BCUT2D eigenvalue weighted by atomic mass is 16.5. The van der Waals surface area contributed by atoms with Crippen LogP contribution in [0.15, 0.2) is 48.2 Å². The Morgan fingerprint density at radius 1 is 1.16 bits per heavy atom. The Bertz CT molecular complexity index is 1340. The third kappa shape index (κ3) is 5.04. The zero-order chi connectivity index (χ0) is 26.7. The number of imidazole rings is 1. The van der Waals surface area contributed by atoms with Gasteiger partial charge in [-0.05, 0) is 57.3 Å². The van der Waals surface area contributed by atoms with Crippen molar-refractivity contribution in [3.8, 4) is 11.5 Å². The van der Waals surface area contributed by atoms with Gasteiger partial charge in [-0.25, -0.2) is 4.98 Å². The van der Waals surface area contributed by atoms with E-state index in [0.29, 0.717) is 53.8 Å². The molecule has 1 aromatic carbocycles. The number of nitrogens with zero attached hydrogens (tertiary/aromatic N) is 4. The van der Waals surface area contributed by atoms with Crippen molar-refractivity contribution < 1.29 is 24.2 Å². The number of fused-ring (bicyclic) bond motifs is 1. The molecule has 1 amide bonds. The maximum absolute atomic E-state index is 13.4. The number of carbonyl (C=O) groups is 2. The summed E-state index contributed by atoms with van der Waals surface area (Å²) >= 11 is 0. The largest absolute Gasteiger partial charge is 0.505 e. The van der Waals surface area contributed by atoms with Crippen LogP contribution in [-0.4, -0.2) is 76.9 Å². The van der Waals surface area contributed by atoms with E-state index in [2.05, 4.69) is 11.9 Å². The molecular formula is C28H34N4O5. The number of aliphatic hydroxyl groups excluding tert-OH is 1. The SMILES string of the molecule is CCCCOc1ccc(C2C(=C(O)c3c(C)nc4ccccn34)C(=O)C(=O)N2CCN(C)C)cc1OC. The number of aromatic nitrogens is 2. The molecular weight excluding hydrogens is 472 g/mol. The maximum Gasteiger partial charge on any atom is 0.295 e. The second-order valence-corrected chi connectivity index (χ2v) is 9.38. The zero-order valence-corrected chi connectivity index (χ0v) is 22.0. The van der Waals surface area contributed by atoms with E-state index in [0.717, 1.165) is 12.8 Å². The molecule has 9 nitrogen and oxygen atoms in total. The summed E-state index contributed by atoms with van der Waals surface area (Å²) in [5.41, 5.74) is 2.25. The molecule has 1 unspecified atom stereocenters. The summed E-state index contributed by atoms with van der Waals surface area (Å²) in [6.07, 6.45) is 3.69. The first-order chi connectivity index (χ1) is 17.8. The number of likely N-dealkylation sites (tertiary alicyclic amines) is 1. The number of ketones is 1. The lowest BCUT2D eigenvalue weighted by Gasteiger charge is -2.27. The molecule has 0 spiro atoms. The zero-order valence-electron chi connectivity index (χ0n) is 22.0. The Balaban J connectivity index is 1.87. The first kappa shape index (κ1) is 26.2. The number of unbranched alkanes of at least 4 members (excludes halogenated alkanes) is 1. The molecule has 1 aliphatic rings. The highest BCUT2D eigenvalue weighted by Gasteiger charge is 2.46. The van der Waals surface area contributed by atoms with Crippen LogP contribution in [0.25, 0.3) is 11.4 Å². The van der Waals surface area contributed by atoms with Gasteiger partial charge >= 0.3 is 0 Å². The summed E-state index contributed by atoms with van der Waals surface area (Å²) in [5.74, 6) is -0.551. The van der Waals surface area contributed by atoms with Crippen LogP contribution in [0, 0.1) is 6.92 Å². The van der Waals surface area contributed by atoms with Gasteiger partial charge in [0.25, 0.3) is 11.7 Å². The van der Waals surface area contributed by atoms with Gasteiger partial charge in [0.15, 0.2) is 17.3 Å². The van der Waals surface area contributed by atoms with E-state index in [1.54, 1.807) is 36.8 Å². The number of ether oxygens (including phenoxy) is 2. The van der Waals surface area contributed by atoms with Gasteiger partial charge in [-0.1, -0.05) is 25.5 Å². The van der Waals surface area contributed by atoms with Crippen LogP contribution in [0.2, 0.25) is 0 Å². The third-order valence-electron chi connectivity index (χ3n) is 6.52. The van der Waals surface area contributed by atoms with E-state index in [9.17, 15) is 14.7 Å². The van der Waals surface area contributed by atoms with Crippen LogP contribution in [-0.2, 0) is 9.59 Å². The first-order valence-corrected chi connectivity index (χ1v) is 12.5. The number of carbonyl (C=O) groups excluding carboxylic acids is 2. The number of rotatable bonds is 10. The highest BCUT2D eigenvalue weighted by molar-refractivity contribution is 6.46. The predicted octanol–water partition coefficient (Wildman–Crippen LogP) is 3.81. The molecule has 0 bridgehead atoms. The van der Waals surface area contributed by atoms with Gasteiger partial charge in [0.2, 0.25) is 0 Å². The topological polar surface area (TPSA) is 96.6 Å². The molecule has 37 heavy (non-hydrogen) atoms. The number of aliphatic hydroxyl groups is 1. The Kier molecular flexibility index (Phi) is 7.83. The predicted molar refractivity (Wildman–Crippen MR) is 141 cm³/mol. The number of methoxy groups -OCH3 is 1. The van der Waals surface area contributed by atoms with Crippen molar-refractivity contribution in [3.63, 3.8) is 0 Å². The molecule has 3 heterocycles. The maximum atomic E-state index is 13.4. The fraction of sp³-hybridized carbons (Fsp3) is 0.393. The van der Waals surface area contributed by atoms with Crippen LogP contribution >= 0.6 is 0 Å². The van der Waals surface area contributed by atoms with E-state index in [1.165, 1.54) is 4.90 Å². The summed E-state index contributed by atoms with van der Waals surface area (Å²) < 4.78 is 13.2. The number of benzene rings is 1. The number of pyridine rings is 1. The van der Waals surface area contributed by atoms with Crippen LogP contribution < -0.4 is 9.47 Å². The fourth-order valence-corrected chi connectivity index (χ4v) is 4.59. The van der Waals surface area contributed by atoms with E-state index in [4.69, 9.17) is 9.47 Å². The van der Waals surface area contributed by atoms with E-state index >= 15 is 0 Å². The molecule has 3 aromatic rings. The van der Waals surface area contributed by atoms with E-state index < -0.39 is 17.7 Å². The second kappa shape index (κ2) is 11.0. The summed E-state index contributed by atoms with van der Waals surface area (Å²) in [5, 5.41) is 11.6. The minimum absolute atomic E-state index is 0.0270. The third-order valence-corrected chi connectivity index (χ3v) is 6.52. The van der Waals surface area contributed by atoms with Gasteiger partial charge in [0, 0.05) is 19.3 Å². The molecule has 1 aliphatic heterocycles. The lowest BCUT2D eigenvalue weighted by Crippen LogP contribution is -2.35. The monoisotopic (exact) mass is 506 g/mol. The standard InChI is InChI=1S/C28H34N4O5/c1-6-7-16-37-20-12-11-19(17-21(20)36-5)25-23(27(34)28(35)32(25)15-14-30(3)4)26(33)24-18(2)29-22-10-8-9-13-31(22)24/h8-13,17,25,33H,6-7,14-16H2,1-5H3. The number of amides is 1.